The normalized spacial score (nSPS) is 16.6. The predicted octanol–water partition coefficient (Wildman–Crippen LogP) is 3.49. The Morgan fingerprint density at radius 1 is 0.857 bits per heavy atom. The van der Waals surface area contributed by atoms with Crippen molar-refractivity contribution in [3.63, 3.8) is 0 Å². The monoisotopic (exact) mass is 475 g/mol. The van der Waals surface area contributed by atoms with E-state index in [1.807, 2.05) is 10.9 Å². The summed E-state index contributed by atoms with van der Waals surface area (Å²) in [5.74, 6) is -0.852. The fourth-order valence-corrected chi connectivity index (χ4v) is 5.39. The molecule has 180 valence electrons. The summed E-state index contributed by atoms with van der Waals surface area (Å²) in [6, 6.07) is 6.00. The van der Waals surface area contributed by atoms with E-state index in [9.17, 15) is 8.78 Å². The predicted molar refractivity (Wildman–Crippen MR) is 129 cm³/mol. The van der Waals surface area contributed by atoms with Crippen LogP contribution in [0.4, 0.5) is 8.78 Å². The van der Waals surface area contributed by atoms with Crippen LogP contribution in [-0.2, 0) is 19.3 Å². The number of hydrogen-bond donors (Lipinski definition) is 0. The van der Waals surface area contributed by atoms with Crippen molar-refractivity contribution in [1.29, 1.82) is 0 Å². The van der Waals surface area contributed by atoms with E-state index >= 15 is 0 Å². The molecule has 3 heterocycles. The molecule has 0 saturated carbocycles. The third-order valence-corrected chi connectivity index (χ3v) is 7.17. The van der Waals surface area contributed by atoms with Gasteiger partial charge in [0.15, 0.2) is 17.5 Å². The van der Waals surface area contributed by atoms with Crippen LogP contribution in [0, 0.1) is 11.6 Å². The summed E-state index contributed by atoms with van der Waals surface area (Å²) in [5.41, 5.74) is 6.53. The molecule has 1 fully saturated rings. The van der Waals surface area contributed by atoms with Crippen molar-refractivity contribution in [2.75, 3.05) is 37.7 Å². The summed E-state index contributed by atoms with van der Waals surface area (Å²) in [6.07, 6.45) is 10.2. The van der Waals surface area contributed by atoms with Crippen molar-refractivity contribution in [2.24, 2.45) is 0 Å². The van der Waals surface area contributed by atoms with Crippen LogP contribution in [0.25, 0.3) is 22.8 Å². The number of hydrogen-bond acceptors (Lipinski definition) is 6. The Balaban J connectivity index is 1.22. The molecule has 9 heteroatoms. The standard InChI is InChI=1S/C26H27F2N7/c27-21-7-6-18(16-22(21)28)8-11-33-12-14-34(15-13-33)35-25-20-5-2-1-4-19(20)23(24(25)31-17-32-35)26-29-9-3-10-30-26/h3,6-7,9-10,16-17H,1-2,4-5,8,11-15H2. The molecule has 1 saturated heterocycles. The third-order valence-electron chi connectivity index (χ3n) is 7.17. The van der Waals surface area contributed by atoms with Crippen molar-refractivity contribution in [3.8, 4) is 22.8 Å². The summed E-state index contributed by atoms with van der Waals surface area (Å²) in [7, 11) is 0. The lowest BCUT2D eigenvalue weighted by Crippen LogP contribution is -2.52. The fraction of sp³-hybridized carbons (Fsp3) is 0.385. The second-order valence-electron chi connectivity index (χ2n) is 9.25. The first-order valence-corrected chi connectivity index (χ1v) is 12.3. The lowest BCUT2D eigenvalue weighted by Gasteiger charge is -2.37. The van der Waals surface area contributed by atoms with Crippen LogP contribution in [0.5, 0.6) is 0 Å². The molecular weight excluding hydrogens is 448 g/mol. The molecular formula is C26H27F2N7. The molecule has 0 spiro atoms. The van der Waals surface area contributed by atoms with Crippen LogP contribution < -0.4 is 5.01 Å². The van der Waals surface area contributed by atoms with E-state index in [0.717, 1.165) is 86.7 Å². The minimum Gasteiger partial charge on any atom is -0.299 e. The molecule has 0 unspecified atom stereocenters. The van der Waals surface area contributed by atoms with Gasteiger partial charge < -0.3 is 0 Å². The van der Waals surface area contributed by atoms with E-state index in [1.54, 1.807) is 24.8 Å². The van der Waals surface area contributed by atoms with Crippen LogP contribution >= 0.6 is 0 Å². The third kappa shape index (κ3) is 4.14. The number of fused-ring (bicyclic) bond motifs is 3. The van der Waals surface area contributed by atoms with Gasteiger partial charge in [0.1, 0.15) is 17.7 Å². The van der Waals surface area contributed by atoms with E-state index in [2.05, 4.69) is 25.0 Å². The number of nitrogens with zero attached hydrogens (tertiary/aromatic N) is 7. The number of benzene rings is 1. The summed E-state index contributed by atoms with van der Waals surface area (Å²) in [5, 5.41) is 6.96. The Morgan fingerprint density at radius 3 is 2.40 bits per heavy atom. The van der Waals surface area contributed by atoms with Crippen LogP contribution in [-0.4, -0.2) is 62.5 Å². The summed E-state index contributed by atoms with van der Waals surface area (Å²) in [6.45, 7) is 4.21. The molecule has 0 atom stereocenters. The quantitative estimate of drug-likeness (QED) is 0.440. The Bertz CT molecular complexity index is 1300. The molecule has 35 heavy (non-hydrogen) atoms. The average Bonchev–Trinajstić information content (AvgIpc) is 3.25. The second-order valence-corrected chi connectivity index (χ2v) is 9.25. The van der Waals surface area contributed by atoms with Crippen molar-refractivity contribution in [2.45, 2.75) is 32.1 Å². The lowest BCUT2D eigenvalue weighted by molar-refractivity contribution is 0.237. The number of rotatable bonds is 5. The van der Waals surface area contributed by atoms with Crippen LogP contribution in [0.3, 0.4) is 0 Å². The smallest absolute Gasteiger partial charge is 0.161 e. The first kappa shape index (κ1) is 22.0. The molecule has 4 aliphatic rings. The van der Waals surface area contributed by atoms with Crippen molar-refractivity contribution >= 4 is 0 Å². The highest BCUT2D eigenvalue weighted by Crippen LogP contribution is 2.43. The highest BCUT2D eigenvalue weighted by Gasteiger charge is 2.32. The van der Waals surface area contributed by atoms with Gasteiger partial charge >= 0.3 is 0 Å². The van der Waals surface area contributed by atoms with Gasteiger partial charge in [-0.15, -0.1) is 5.10 Å². The largest absolute Gasteiger partial charge is 0.299 e. The molecule has 0 amide bonds. The maximum Gasteiger partial charge on any atom is 0.161 e. The van der Waals surface area contributed by atoms with Crippen LogP contribution in [0.1, 0.15) is 29.5 Å². The molecule has 0 radical (unpaired) electrons. The van der Waals surface area contributed by atoms with Gasteiger partial charge in [-0.25, -0.2) is 23.7 Å². The van der Waals surface area contributed by atoms with Gasteiger partial charge in [-0.2, -0.15) is 4.79 Å². The Kier molecular flexibility index (Phi) is 5.85. The first-order chi connectivity index (χ1) is 17.2. The maximum absolute atomic E-state index is 13.5. The van der Waals surface area contributed by atoms with E-state index in [1.165, 1.54) is 23.3 Å². The van der Waals surface area contributed by atoms with E-state index < -0.39 is 11.6 Å². The van der Waals surface area contributed by atoms with Crippen LogP contribution in [0.15, 0.2) is 43.0 Å². The van der Waals surface area contributed by atoms with Gasteiger partial charge in [-0.3, -0.25) is 9.91 Å². The first-order valence-electron chi connectivity index (χ1n) is 12.3. The van der Waals surface area contributed by atoms with Gasteiger partial charge in [0, 0.05) is 45.1 Å². The van der Waals surface area contributed by atoms with E-state index in [4.69, 9.17) is 4.98 Å². The molecule has 0 bridgehead atoms. The molecule has 7 nitrogen and oxygen atoms in total. The lowest BCUT2D eigenvalue weighted by atomic mass is 9.93. The molecule has 1 aromatic carbocycles. The van der Waals surface area contributed by atoms with Gasteiger partial charge in [0.2, 0.25) is 0 Å². The van der Waals surface area contributed by atoms with Gasteiger partial charge in [-0.1, -0.05) is 6.07 Å². The van der Waals surface area contributed by atoms with E-state index in [0.29, 0.717) is 6.42 Å². The number of aromatic nitrogens is 5. The Hall–Kier alpha value is -3.46. The number of halogens is 2. The Morgan fingerprint density at radius 2 is 1.63 bits per heavy atom. The summed E-state index contributed by atoms with van der Waals surface area (Å²) >= 11 is 0. The Labute approximate surface area is 202 Å². The molecule has 1 aromatic heterocycles. The van der Waals surface area contributed by atoms with E-state index in [-0.39, 0.29) is 0 Å². The van der Waals surface area contributed by atoms with Crippen molar-refractivity contribution in [1.82, 2.24) is 29.7 Å². The highest BCUT2D eigenvalue weighted by molar-refractivity contribution is 5.86. The second kappa shape index (κ2) is 9.30. The van der Waals surface area contributed by atoms with Gasteiger partial charge in [0.25, 0.3) is 0 Å². The minimum absolute atomic E-state index is 0.693. The summed E-state index contributed by atoms with van der Waals surface area (Å²) < 4.78 is 26.7. The SMILES string of the molecule is Fc1ccc(CCN2CCN(n3ncnc4c(-c5ncccn5)c5c(c3-4)CCCC5)CC2)cc1F. The van der Waals surface area contributed by atoms with Crippen LogP contribution in [0.2, 0.25) is 0 Å². The minimum atomic E-state index is -0.799. The maximum atomic E-state index is 13.5. The molecule has 2 aliphatic heterocycles. The summed E-state index contributed by atoms with van der Waals surface area (Å²) in [4.78, 5) is 18.2. The van der Waals surface area contributed by atoms with Gasteiger partial charge in [0.05, 0.1) is 5.56 Å². The number of piperazine rings is 1. The molecule has 0 N–H and O–H groups in total. The van der Waals surface area contributed by atoms with Crippen molar-refractivity contribution in [3.05, 3.63) is 71.3 Å². The highest BCUT2D eigenvalue weighted by atomic mass is 19.2. The fourth-order valence-electron chi connectivity index (χ4n) is 5.39. The zero-order valence-corrected chi connectivity index (χ0v) is 19.5. The zero-order valence-electron chi connectivity index (χ0n) is 19.5. The topological polar surface area (TPSA) is 63.0 Å². The molecule has 6 rings (SSSR count). The zero-order chi connectivity index (χ0) is 23.8. The van der Waals surface area contributed by atoms with Crippen molar-refractivity contribution < 1.29 is 8.78 Å². The average molecular weight is 476 g/mol. The van der Waals surface area contributed by atoms with Gasteiger partial charge in [-0.05, 0) is 67.0 Å². The molecule has 2 aliphatic carbocycles. The molecule has 2 aromatic rings.